The van der Waals surface area contributed by atoms with E-state index in [1.54, 1.807) is 19.1 Å². The summed E-state index contributed by atoms with van der Waals surface area (Å²) in [5.41, 5.74) is 7.11. The molecule has 0 saturated carbocycles. The number of nitrogens with one attached hydrogen (secondary N) is 1. The maximum atomic E-state index is 13.1. The van der Waals surface area contributed by atoms with E-state index in [0.717, 1.165) is 5.56 Å². The minimum Gasteiger partial charge on any atom is -0.481 e. The molecule has 0 fully saturated rings. The molecule has 21 heavy (non-hydrogen) atoms. The van der Waals surface area contributed by atoms with Crippen molar-refractivity contribution in [2.24, 2.45) is 5.73 Å². The molecule has 0 saturated heterocycles. The van der Waals surface area contributed by atoms with Gasteiger partial charge >= 0.3 is 0 Å². The van der Waals surface area contributed by atoms with E-state index in [0.29, 0.717) is 18.0 Å². The highest BCUT2D eigenvalue weighted by atomic mass is 19.1. The number of para-hydroxylation sites is 1. The van der Waals surface area contributed by atoms with Crippen molar-refractivity contribution < 1.29 is 13.9 Å². The minimum absolute atomic E-state index is 0.310. The molecule has 110 valence electrons. The van der Waals surface area contributed by atoms with Crippen LogP contribution in [0, 0.1) is 5.82 Å². The van der Waals surface area contributed by atoms with Gasteiger partial charge in [0.15, 0.2) is 6.10 Å². The average molecular weight is 288 g/mol. The number of hydrogen-bond donors (Lipinski definition) is 2. The van der Waals surface area contributed by atoms with E-state index in [2.05, 4.69) is 5.32 Å². The fraction of sp³-hybridized carbons (Fsp3) is 0.188. The van der Waals surface area contributed by atoms with Gasteiger partial charge in [-0.3, -0.25) is 4.79 Å². The minimum atomic E-state index is -0.752. The number of amides is 1. The van der Waals surface area contributed by atoms with Crippen LogP contribution in [0.15, 0.2) is 48.5 Å². The first-order chi connectivity index (χ1) is 10.1. The second kappa shape index (κ2) is 6.85. The molecular weight excluding hydrogens is 271 g/mol. The molecule has 2 aromatic rings. The molecule has 2 aromatic carbocycles. The van der Waals surface area contributed by atoms with E-state index < -0.39 is 11.9 Å². The van der Waals surface area contributed by atoms with Crippen molar-refractivity contribution in [3.63, 3.8) is 0 Å². The Kier molecular flexibility index (Phi) is 4.90. The second-order valence-electron chi connectivity index (χ2n) is 4.57. The standard InChI is InChI=1S/C16H17FN2O2/c1-11(21-14-7-4-6-13(17)9-14)16(20)19-15-8-3-2-5-12(15)10-18/h2-9,11H,10,18H2,1H3,(H,19,20). The number of carbonyl (C=O) groups excluding carboxylic acids is 1. The predicted octanol–water partition coefficient (Wildman–Crippen LogP) is 2.69. The van der Waals surface area contributed by atoms with E-state index in [9.17, 15) is 9.18 Å². The summed E-state index contributed by atoms with van der Waals surface area (Å²) in [6.07, 6.45) is -0.752. The van der Waals surface area contributed by atoms with Gasteiger partial charge in [-0.15, -0.1) is 0 Å². The van der Waals surface area contributed by atoms with E-state index in [1.165, 1.54) is 18.2 Å². The van der Waals surface area contributed by atoms with Crippen LogP contribution in [-0.4, -0.2) is 12.0 Å². The summed E-state index contributed by atoms with van der Waals surface area (Å²) < 4.78 is 18.5. The zero-order valence-electron chi connectivity index (χ0n) is 11.7. The fourth-order valence-corrected chi connectivity index (χ4v) is 1.85. The van der Waals surface area contributed by atoms with Crippen molar-refractivity contribution >= 4 is 11.6 Å². The predicted molar refractivity (Wildman–Crippen MR) is 79.5 cm³/mol. The molecule has 0 bridgehead atoms. The molecule has 0 heterocycles. The highest BCUT2D eigenvalue weighted by Gasteiger charge is 2.16. The number of rotatable bonds is 5. The first-order valence-electron chi connectivity index (χ1n) is 6.61. The molecule has 1 atom stereocenters. The van der Waals surface area contributed by atoms with Crippen LogP contribution in [-0.2, 0) is 11.3 Å². The zero-order valence-corrected chi connectivity index (χ0v) is 11.7. The quantitative estimate of drug-likeness (QED) is 0.889. The van der Waals surface area contributed by atoms with Gasteiger partial charge in [-0.2, -0.15) is 0 Å². The van der Waals surface area contributed by atoms with Gasteiger partial charge in [0.25, 0.3) is 5.91 Å². The number of anilines is 1. The van der Waals surface area contributed by atoms with Crippen molar-refractivity contribution in [1.29, 1.82) is 0 Å². The second-order valence-corrected chi connectivity index (χ2v) is 4.57. The lowest BCUT2D eigenvalue weighted by molar-refractivity contribution is -0.122. The molecule has 3 N–H and O–H groups in total. The SMILES string of the molecule is CC(Oc1cccc(F)c1)C(=O)Nc1ccccc1CN. The number of hydrogen-bond acceptors (Lipinski definition) is 3. The Morgan fingerprint density at radius 2 is 2.05 bits per heavy atom. The van der Waals surface area contributed by atoms with Gasteiger partial charge in [0.05, 0.1) is 0 Å². The zero-order chi connectivity index (χ0) is 15.2. The van der Waals surface area contributed by atoms with Gasteiger partial charge in [-0.05, 0) is 30.7 Å². The average Bonchev–Trinajstić information content (AvgIpc) is 2.47. The van der Waals surface area contributed by atoms with Crippen LogP contribution in [0.5, 0.6) is 5.75 Å². The van der Waals surface area contributed by atoms with Crippen LogP contribution < -0.4 is 15.8 Å². The van der Waals surface area contributed by atoms with Gasteiger partial charge in [-0.25, -0.2) is 4.39 Å². The number of benzene rings is 2. The van der Waals surface area contributed by atoms with Crippen LogP contribution >= 0.6 is 0 Å². The largest absolute Gasteiger partial charge is 0.481 e. The van der Waals surface area contributed by atoms with Gasteiger partial charge in [-0.1, -0.05) is 24.3 Å². The topological polar surface area (TPSA) is 64.3 Å². The molecule has 2 rings (SSSR count). The summed E-state index contributed by atoms with van der Waals surface area (Å²) in [5.74, 6) is -0.418. The van der Waals surface area contributed by atoms with Crippen LogP contribution in [0.2, 0.25) is 0 Å². The van der Waals surface area contributed by atoms with E-state index in [-0.39, 0.29) is 5.91 Å². The number of halogens is 1. The van der Waals surface area contributed by atoms with Crippen LogP contribution in [0.25, 0.3) is 0 Å². The normalized spacial score (nSPS) is 11.8. The Morgan fingerprint density at radius 1 is 1.29 bits per heavy atom. The lowest BCUT2D eigenvalue weighted by atomic mass is 10.1. The Hall–Kier alpha value is -2.40. The van der Waals surface area contributed by atoms with Crippen LogP contribution in [0.1, 0.15) is 12.5 Å². The Balaban J connectivity index is 2.02. The summed E-state index contributed by atoms with van der Waals surface area (Å²) in [6, 6.07) is 13.0. The highest BCUT2D eigenvalue weighted by molar-refractivity contribution is 5.94. The molecule has 0 aromatic heterocycles. The monoisotopic (exact) mass is 288 g/mol. The fourth-order valence-electron chi connectivity index (χ4n) is 1.85. The van der Waals surface area contributed by atoms with E-state index >= 15 is 0 Å². The third-order valence-electron chi connectivity index (χ3n) is 2.97. The van der Waals surface area contributed by atoms with Gasteiger partial charge in [0, 0.05) is 18.3 Å². The molecule has 5 heteroatoms. The van der Waals surface area contributed by atoms with E-state index in [4.69, 9.17) is 10.5 Å². The summed E-state index contributed by atoms with van der Waals surface area (Å²) in [6.45, 7) is 1.93. The summed E-state index contributed by atoms with van der Waals surface area (Å²) in [7, 11) is 0. The van der Waals surface area contributed by atoms with Crippen LogP contribution in [0.3, 0.4) is 0 Å². The molecule has 1 amide bonds. The lowest BCUT2D eigenvalue weighted by Gasteiger charge is -2.16. The van der Waals surface area contributed by atoms with Crippen molar-refractivity contribution in [2.45, 2.75) is 19.6 Å². The van der Waals surface area contributed by atoms with Crippen molar-refractivity contribution in [2.75, 3.05) is 5.32 Å². The molecule has 4 nitrogen and oxygen atoms in total. The molecule has 0 radical (unpaired) electrons. The maximum Gasteiger partial charge on any atom is 0.265 e. The number of ether oxygens (including phenoxy) is 1. The summed E-state index contributed by atoms with van der Waals surface area (Å²) >= 11 is 0. The van der Waals surface area contributed by atoms with Gasteiger partial charge in [0.1, 0.15) is 11.6 Å². The van der Waals surface area contributed by atoms with Crippen molar-refractivity contribution in [1.82, 2.24) is 0 Å². The smallest absolute Gasteiger partial charge is 0.265 e. The third kappa shape index (κ3) is 4.03. The lowest BCUT2D eigenvalue weighted by Crippen LogP contribution is -2.30. The number of nitrogens with two attached hydrogens (primary N) is 1. The van der Waals surface area contributed by atoms with Crippen molar-refractivity contribution in [3.05, 3.63) is 59.9 Å². The maximum absolute atomic E-state index is 13.1. The first kappa shape index (κ1) is 15.0. The molecule has 1 unspecified atom stereocenters. The number of carbonyl (C=O) groups is 1. The Morgan fingerprint density at radius 3 is 2.76 bits per heavy atom. The third-order valence-corrected chi connectivity index (χ3v) is 2.97. The van der Waals surface area contributed by atoms with Gasteiger partial charge < -0.3 is 15.8 Å². The van der Waals surface area contributed by atoms with Crippen molar-refractivity contribution in [3.8, 4) is 5.75 Å². The Bertz CT molecular complexity index is 631. The summed E-state index contributed by atoms with van der Waals surface area (Å²) in [5, 5.41) is 2.76. The Labute approximate surface area is 122 Å². The molecular formula is C16H17FN2O2. The molecule has 0 aliphatic carbocycles. The molecule has 0 spiro atoms. The molecule has 0 aliphatic rings. The molecule has 0 aliphatic heterocycles. The highest BCUT2D eigenvalue weighted by Crippen LogP contribution is 2.17. The summed E-state index contributed by atoms with van der Waals surface area (Å²) in [4.78, 5) is 12.1. The van der Waals surface area contributed by atoms with Gasteiger partial charge in [0.2, 0.25) is 0 Å². The van der Waals surface area contributed by atoms with Crippen LogP contribution in [0.4, 0.5) is 10.1 Å². The first-order valence-corrected chi connectivity index (χ1v) is 6.61. The van der Waals surface area contributed by atoms with E-state index in [1.807, 2.05) is 18.2 Å².